The number of hydrogen-bond acceptors (Lipinski definition) is 5. The molecular weight excluding hydrogens is 294 g/mol. The maximum absolute atomic E-state index is 12.6. The lowest BCUT2D eigenvalue weighted by Crippen LogP contribution is -2.52. The Morgan fingerprint density at radius 3 is 2.70 bits per heavy atom. The topological polar surface area (TPSA) is 75.6 Å². The lowest BCUT2D eigenvalue weighted by Gasteiger charge is -2.43. The van der Waals surface area contributed by atoms with Crippen LogP contribution in [0.1, 0.15) is 54.7 Å². The van der Waals surface area contributed by atoms with E-state index in [2.05, 4.69) is 9.97 Å². The molecule has 3 rings (SSSR count). The average Bonchev–Trinajstić information content (AvgIpc) is 3.40. The third-order valence-corrected chi connectivity index (χ3v) is 5.11. The number of piperidine rings is 1. The largest absolute Gasteiger partial charge is 0.389 e. The predicted molar refractivity (Wildman–Crippen MR) is 85.1 cm³/mol. The number of carbonyl (C=O) groups is 1. The number of rotatable bonds is 5. The van der Waals surface area contributed by atoms with Crippen LogP contribution in [0.25, 0.3) is 0 Å². The van der Waals surface area contributed by atoms with Crippen LogP contribution in [0, 0.1) is 5.92 Å². The van der Waals surface area contributed by atoms with Gasteiger partial charge in [0.25, 0.3) is 5.91 Å². The van der Waals surface area contributed by atoms with Gasteiger partial charge in [-0.05, 0) is 25.7 Å². The van der Waals surface area contributed by atoms with Crippen molar-refractivity contribution in [3.8, 4) is 0 Å². The molecule has 6 heteroatoms. The minimum atomic E-state index is -0.751. The number of likely N-dealkylation sites (tertiary alicyclic amines) is 1. The van der Waals surface area contributed by atoms with Crippen molar-refractivity contribution in [2.75, 3.05) is 26.8 Å². The van der Waals surface area contributed by atoms with E-state index in [1.54, 1.807) is 24.4 Å². The summed E-state index contributed by atoms with van der Waals surface area (Å²) in [5.74, 6) is 1.31. The first kappa shape index (κ1) is 16.3. The molecule has 1 aliphatic carbocycles. The second-order valence-corrected chi connectivity index (χ2v) is 6.85. The first-order chi connectivity index (χ1) is 11.0. The summed E-state index contributed by atoms with van der Waals surface area (Å²) >= 11 is 0. The molecule has 1 saturated carbocycles. The molecule has 2 atom stereocenters. The van der Waals surface area contributed by atoms with Gasteiger partial charge in [0, 0.05) is 51.0 Å². The molecule has 0 unspecified atom stereocenters. The highest BCUT2D eigenvalue weighted by Crippen LogP contribution is 2.37. The summed E-state index contributed by atoms with van der Waals surface area (Å²) in [7, 11) is 1.64. The molecule has 1 amide bonds. The summed E-state index contributed by atoms with van der Waals surface area (Å²) in [4.78, 5) is 23.0. The molecule has 0 aromatic carbocycles. The number of carbonyl (C=O) groups excluding carboxylic acids is 1. The third kappa shape index (κ3) is 3.53. The second-order valence-electron chi connectivity index (χ2n) is 6.85. The van der Waals surface area contributed by atoms with Gasteiger partial charge in [0.1, 0.15) is 5.82 Å². The van der Waals surface area contributed by atoms with Gasteiger partial charge in [-0.2, -0.15) is 0 Å². The fourth-order valence-electron chi connectivity index (χ4n) is 3.18. The van der Waals surface area contributed by atoms with Crippen LogP contribution in [-0.4, -0.2) is 58.3 Å². The van der Waals surface area contributed by atoms with Crippen molar-refractivity contribution < 1.29 is 14.6 Å². The molecule has 126 valence electrons. The lowest BCUT2D eigenvalue weighted by atomic mass is 9.80. The van der Waals surface area contributed by atoms with Crippen LogP contribution in [0.3, 0.4) is 0 Å². The van der Waals surface area contributed by atoms with Crippen LogP contribution < -0.4 is 0 Å². The number of aromatic nitrogens is 2. The molecule has 23 heavy (non-hydrogen) atoms. The Kier molecular flexibility index (Phi) is 4.64. The van der Waals surface area contributed by atoms with Crippen LogP contribution in [0.4, 0.5) is 0 Å². The van der Waals surface area contributed by atoms with Gasteiger partial charge in [0.05, 0.1) is 11.2 Å². The second kappa shape index (κ2) is 6.53. The lowest BCUT2D eigenvalue weighted by molar-refractivity contribution is -0.0750. The smallest absolute Gasteiger partial charge is 0.257 e. The number of aliphatic hydroxyl groups is 1. The molecule has 0 radical (unpaired) electrons. The predicted octanol–water partition coefficient (Wildman–Crippen LogP) is 1.60. The maximum Gasteiger partial charge on any atom is 0.257 e. The van der Waals surface area contributed by atoms with Gasteiger partial charge in [0.15, 0.2) is 0 Å². The summed E-state index contributed by atoms with van der Waals surface area (Å²) in [6.07, 6.45) is 6.75. The van der Waals surface area contributed by atoms with Crippen LogP contribution in [0.5, 0.6) is 0 Å². The third-order valence-electron chi connectivity index (χ3n) is 5.11. The molecule has 1 N–H and O–H groups in total. The highest BCUT2D eigenvalue weighted by Gasteiger charge is 2.40. The van der Waals surface area contributed by atoms with E-state index in [4.69, 9.17) is 4.74 Å². The molecule has 0 bridgehead atoms. The molecule has 1 aromatic rings. The molecular formula is C17H25N3O3. The number of nitrogens with zero attached hydrogens (tertiary/aromatic N) is 3. The van der Waals surface area contributed by atoms with Crippen molar-refractivity contribution in [2.24, 2.45) is 5.92 Å². The van der Waals surface area contributed by atoms with Crippen molar-refractivity contribution in [3.05, 3.63) is 23.8 Å². The molecule has 6 nitrogen and oxygen atoms in total. The molecule has 2 fully saturated rings. The monoisotopic (exact) mass is 319 g/mol. The van der Waals surface area contributed by atoms with Gasteiger partial charge in [-0.15, -0.1) is 0 Å². The number of amides is 1. The SMILES string of the molecule is COCC[C@]1(O)CCN(C(=O)c2cnc(C3CC3)nc2)C[C@H]1C. The van der Waals surface area contributed by atoms with Crippen LogP contribution >= 0.6 is 0 Å². The zero-order valence-corrected chi connectivity index (χ0v) is 13.9. The van der Waals surface area contributed by atoms with Crippen molar-refractivity contribution in [1.82, 2.24) is 14.9 Å². The van der Waals surface area contributed by atoms with E-state index in [-0.39, 0.29) is 11.8 Å². The number of ether oxygens (including phenoxy) is 1. The Bertz CT molecular complexity index is 559. The Morgan fingerprint density at radius 1 is 1.43 bits per heavy atom. The molecule has 1 saturated heterocycles. The maximum atomic E-state index is 12.6. The molecule has 2 aliphatic rings. The van der Waals surface area contributed by atoms with E-state index in [1.807, 2.05) is 6.92 Å². The summed E-state index contributed by atoms with van der Waals surface area (Å²) in [6, 6.07) is 0. The van der Waals surface area contributed by atoms with Crippen molar-refractivity contribution in [1.29, 1.82) is 0 Å². The summed E-state index contributed by atoms with van der Waals surface area (Å²) in [5.41, 5.74) is -0.219. The highest BCUT2D eigenvalue weighted by atomic mass is 16.5. The highest BCUT2D eigenvalue weighted by molar-refractivity contribution is 5.93. The van der Waals surface area contributed by atoms with Gasteiger partial charge in [0.2, 0.25) is 0 Å². The minimum absolute atomic E-state index is 0.0157. The Labute approximate surface area is 136 Å². The fourth-order valence-corrected chi connectivity index (χ4v) is 3.18. The minimum Gasteiger partial charge on any atom is -0.389 e. The normalized spacial score (nSPS) is 28.0. The van der Waals surface area contributed by atoms with Crippen LogP contribution in [-0.2, 0) is 4.74 Å². The van der Waals surface area contributed by atoms with Gasteiger partial charge in [-0.1, -0.05) is 6.92 Å². The van der Waals surface area contributed by atoms with E-state index in [9.17, 15) is 9.90 Å². The van der Waals surface area contributed by atoms with Gasteiger partial charge >= 0.3 is 0 Å². The Hall–Kier alpha value is -1.53. The Morgan fingerprint density at radius 2 is 2.13 bits per heavy atom. The fraction of sp³-hybridized carbons (Fsp3) is 0.706. The van der Waals surface area contributed by atoms with Crippen LogP contribution in [0.15, 0.2) is 12.4 Å². The van der Waals surface area contributed by atoms with Crippen molar-refractivity contribution in [2.45, 2.75) is 44.1 Å². The van der Waals surface area contributed by atoms with Crippen molar-refractivity contribution >= 4 is 5.91 Å². The van der Waals surface area contributed by atoms with E-state index in [0.29, 0.717) is 44.0 Å². The standard InChI is InChI=1S/C17H25N3O3/c1-12-11-20(7-5-17(12,22)6-8-23-2)16(21)14-9-18-15(19-10-14)13-3-4-13/h9-10,12-13,22H,3-8,11H2,1-2H3/t12-,17-/m1/s1. The molecule has 1 aliphatic heterocycles. The van der Waals surface area contributed by atoms with E-state index < -0.39 is 5.60 Å². The number of hydrogen-bond donors (Lipinski definition) is 1. The summed E-state index contributed by atoms with van der Waals surface area (Å²) in [6.45, 7) is 3.62. The van der Waals surface area contributed by atoms with E-state index >= 15 is 0 Å². The average molecular weight is 319 g/mol. The molecule has 2 heterocycles. The van der Waals surface area contributed by atoms with Gasteiger partial charge in [-0.25, -0.2) is 9.97 Å². The van der Waals surface area contributed by atoms with Crippen LogP contribution in [0.2, 0.25) is 0 Å². The zero-order valence-electron chi connectivity index (χ0n) is 13.9. The van der Waals surface area contributed by atoms with E-state index in [1.165, 1.54) is 0 Å². The first-order valence-corrected chi connectivity index (χ1v) is 8.36. The van der Waals surface area contributed by atoms with Gasteiger partial charge in [-0.3, -0.25) is 4.79 Å². The van der Waals surface area contributed by atoms with Gasteiger partial charge < -0.3 is 14.7 Å². The molecule has 0 spiro atoms. The summed E-state index contributed by atoms with van der Waals surface area (Å²) < 4.78 is 5.08. The van der Waals surface area contributed by atoms with E-state index in [0.717, 1.165) is 18.7 Å². The Balaban J connectivity index is 1.62. The zero-order chi connectivity index (χ0) is 16.4. The number of methoxy groups -OCH3 is 1. The quantitative estimate of drug-likeness (QED) is 0.892. The van der Waals surface area contributed by atoms with Crippen molar-refractivity contribution in [3.63, 3.8) is 0 Å². The molecule has 1 aromatic heterocycles. The summed E-state index contributed by atoms with van der Waals surface area (Å²) in [5, 5.41) is 10.7. The first-order valence-electron chi connectivity index (χ1n) is 8.36.